The van der Waals surface area contributed by atoms with Gasteiger partial charge in [-0.1, -0.05) is 42.5 Å². The van der Waals surface area contributed by atoms with E-state index in [0.29, 0.717) is 22.2 Å². The van der Waals surface area contributed by atoms with Crippen LogP contribution in [0.3, 0.4) is 0 Å². The third kappa shape index (κ3) is 2.35. The number of aliphatic hydroxyl groups is 1. The first-order valence-corrected chi connectivity index (χ1v) is 7.67. The summed E-state index contributed by atoms with van der Waals surface area (Å²) in [7, 11) is 0. The highest BCUT2D eigenvalue weighted by molar-refractivity contribution is 6.35. The maximum Gasteiger partial charge on any atom is 0.138 e. The quantitative estimate of drug-likeness (QED) is 0.874. The van der Waals surface area contributed by atoms with Crippen LogP contribution in [0.2, 0.25) is 10.0 Å². The molecular formula is C15H18Cl2O2. The van der Waals surface area contributed by atoms with Crippen LogP contribution in [-0.4, -0.2) is 17.3 Å². The van der Waals surface area contributed by atoms with Gasteiger partial charge in [0.1, 0.15) is 11.9 Å². The molecule has 1 aromatic carbocycles. The first kappa shape index (κ1) is 13.5. The van der Waals surface area contributed by atoms with Gasteiger partial charge in [0.15, 0.2) is 0 Å². The van der Waals surface area contributed by atoms with Gasteiger partial charge in [0.25, 0.3) is 0 Å². The third-order valence-electron chi connectivity index (χ3n) is 4.69. The normalized spacial score (nSPS) is 29.0. The molecule has 3 rings (SSSR count). The summed E-state index contributed by atoms with van der Waals surface area (Å²) in [6.45, 7) is 0. The number of hydrogen-bond acceptors (Lipinski definition) is 2. The van der Waals surface area contributed by atoms with Crippen LogP contribution in [0.1, 0.15) is 38.5 Å². The molecule has 19 heavy (non-hydrogen) atoms. The van der Waals surface area contributed by atoms with Gasteiger partial charge >= 0.3 is 0 Å². The predicted octanol–water partition coefficient (Wildman–Crippen LogP) is 4.46. The molecule has 2 unspecified atom stereocenters. The fourth-order valence-electron chi connectivity index (χ4n) is 3.48. The van der Waals surface area contributed by atoms with Gasteiger partial charge < -0.3 is 9.84 Å². The molecule has 0 saturated heterocycles. The Morgan fingerprint density at radius 2 is 1.89 bits per heavy atom. The first-order chi connectivity index (χ1) is 9.12. The molecule has 0 amide bonds. The molecule has 0 bridgehead atoms. The first-order valence-electron chi connectivity index (χ1n) is 6.91. The van der Waals surface area contributed by atoms with Crippen LogP contribution < -0.4 is 4.74 Å². The van der Waals surface area contributed by atoms with E-state index in [1.54, 1.807) is 12.1 Å². The second kappa shape index (κ2) is 5.16. The van der Waals surface area contributed by atoms with Crippen LogP contribution in [0.15, 0.2) is 18.2 Å². The number of halogens is 2. The van der Waals surface area contributed by atoms with Gasteiger partial charge in [-0.25, -0.2) is 0 Å². The summed E-state index contributed by atoms with van der Waals surface area (Å²) in [6, 6.07) is 5.29. The minimum Gasteiger partial charge on any atom is -0.488 e. The Balaban J connectivity index is 1.76. The molecule has 0 aromatic heterocycles. The lowest BCUT2D eigenvalue weighted by molar-refractivity contribution is -0.172. The highest BCUT2D eigenvalue weighted by atomic mass is 35.5. The van der Waals surface area contributed by atoms with Crippen molar-refractivity contribution in [1.29, 1.82) is 0 Å². The summed E-state index contributed by atoms with van der Waals surface area (Å²) in [5.41, 5.74) is -0.0405. The van der Waals surface area contributed by atoms with E-state index < -0.39 is 0 Å². The van der Waals surface area contributed by atoms with E-state index in [1.165, 1.54) is 19.3 Å². The molecule has 2 fully saturated rings. The highest BCUT2D eigenvalue weighted by Gasteiger charge is 2.56. The van der Waals surface area contributed by atoms with Gasteiger partial charge in [-0.3, -0.25) is 0 Å². The average molecular weight is 301 g/mol. The molecule has 4 heteroatoms. The molecule has 1 spiro atoms. The second-order valence-electron chi connectivity index (χ2n) is 5.73. The summed E-state index contributed by atoms with van der Waals surface area (Å²) < 4.78 is 6.05. The second-order valence-corrected chi connectivity index (χ2v) is 6.57. The van der Waals surface area contributed by atoms with Crippen LogP contribution in [0.25, 0.3) is 0 Å². The van der Waals surface area contributed by atoms with Crippen LogP contribution in [0, 0.1) is 5.41 Å². The number of aliphatic hydroxyl groups excluding tert-OH is 1. The van der Waals surface area contributed by atoms with Crippen molar-refractivity contribution in [2.45, 2.75) is 50.7 Å². The lowest BCUT2D eigenvalue weighted by Gasteiger charge is -2.55. The monoisotopic (exact) mass is 300 g/mol. The largest absolute Gasteiger partial charge is 0.488 e. The SMILES string of the molecule is OC1CC(Oc2ccc(Cl)cc2Cl)C12CCCCC2. The Kier molecular flexibility index (Phi) is 3.67. The Labute approximate surface area is 123 Å². The Bertz CT molecular complexity index is 469. The highest BCUT2D eigenvalue weighted by Crippen LogP contribution is 2.53. The minimum atomic E-state index is -0.219. The van der Waals surface area contributed by atoms with Crippen molar-refractivity contribution < 1.29 is 9.84 Å². The van der Waals surface area contributed by atoms with Gasteiger partial charge in [-0.15, -0.1) is 0 Å². The molecular weight excluding hydrogens is 283 g/mol. The lowest BCUT2D eigenvalue weighted by atomic mass is 9.56. The van der Waals surface area contributed by atoms with Crippen LogP contribution >= 0.6 is 23.2 Å². The maximum atomic E-state index is 10.2. The fourth-order valence-corrected chi connectivity index (χ4v) is 3.93. The summed E-state index contributed by atoms with van der Waals surface area (Å²) in [6.07, 6.45) is 6.33. The standard InChI is InChI=1S/C15H18Cl2O2/c16-10-4-5-12(11(17)8-10)19-14-9-13(18)15(14)6-2-1-3-7-15/h4-5,8,13-14,18H,1-3,6-7,9H2. The summed E-state index contributed by atoms with van der Waals surface area (Å²) in [5.74, 6) is 0.674. The molecule has 0 radical (unpaired) electrons. The topological polar surface area (TPSA) is 29.5 Å². The van der Waals surface area contributed by atoms with E-state index in [0.717, 1.165) is 12.8 Å². The number of rotatable bonds is 2. The van der Waals surface area contributed by atoms with E-state index in [1.807, 2.05) is 6.07 Å². The summed E-state index contributed by atoms with van der Waals surface area (Å²) >= 11 is 12.0. The molecule has 2 aliphatic carbocycles. The van der Waals surface area contributed by atoms with E-state index in [9.17, 15) is 5.11 Å². The van der Waals surface area contributed by atoms with Crippen LogP contribution in [-0.2, 0) is 0 Å². The van der Waals surface area contributed by atoms with Crippen molar-refractivity contribution in [3.8, 4) is 5.75 Å². The smallest absolute Gasteiger partial charge is 0.138 e. The Hall–Kier alpha value is -0.440. The molecule has 2 atom stereocenters. The number of hydrogen-bond donors (Lipinski definition) is 1. The molecule has 0 aliphatic heterocycles. The van der Waals surface area contributed by atoms with Crippen molar-refractivity contribution >= 4 is 23.2 Å². The van der Waals surface area contributed by atoms with Gasteiger partial charge in [0.2, 0.25) is 0 Å². The number of benzene rings is 1. The van der Waals surface area contributed by atoms with Crippen molar-refractivity contribution in [2.24, 2.45) is 5.41 Å². The molecule has 1 N–H and O–H groups in total. The lowest BCUT2D eigenvalue weighted by Crippen LogP contribution is -2.60. The van der Waals surface area contributed by atoms with E-state index in [2.05, 4.69) is 0 Å². The zero-order valence-corrected chi connectivity index (χ0v) is 12.3. The fraction of sp³-hybridized carbons (Fsp3) is 0.600. The molecule has 2 aliphatic rings. The van der Waals surface area contributed by atoms with Gasteiger partial charge in [-0.05, 0) is 31.0 Å². The maximum absolute atomic E-state index is 10.2. The van der Waals surface area contributed by atoms with Gasteiger partial charge in [-0.2, -0.15) is 0 Å². The van der Waals surface area contributed by atoms with Crippen molar-refractivity contribution in [2.75, 3.05) is 0 Å². The third-order valence-corrected chi connectivity index (χ3v) is 5.22. The molecule has 2 saturated carbocycles. The van der Waals surface area contributed by atoms with Crippen molar-refractivity contribution in [3.05, 3.63) is 28.2 Å². The zero-order chi connectivity index (χ0) is 13.5. The van der Waals surface area contributed by atoms with Gasteiger partial charge in [0, 0.05) is 16.9 Å². The van der Waals surface area contributed by atoms with E-state index in [4.69, 9.17) is 27.9 Å². The average Bonchev–Trinajstić information content (AvgIpc) is 2.42. The minimum absolute atomic E-state index is 0.0405. The predicted molar refractivity (Wildman–Crippen MR) is 77.0 cm³/mol. The van der Waals surface area contributed by atoms with Crippen molar-refractivity contribution in [1.82, 2.24) is 0 Å². The molecule has 104 valence electrons. The Morgan fingerprint density at radius 3 is 2.53 bits per heavy atom. The van der Waals surface area contributed by atoms with E-state index >= 15 is 0 Å². The number of ether oxygens (including phenoxy) is 1. The van der Waals surface area contributed by atoms with E-state index in [-0.39, 0.29) is 17.6 Å². The van der Waals surface area contributed by atoms with Crippen LogP contribution in [0.5, 0.6) is 5.75 Å². The zero-order valence-electron chi connectivity index (χ0n) is 10.7. The Morgan fingerprint density at radius 1 is 1.16 bits per heavy atom. The summed E-state index contributed by atoms with van der Waals surface area (Å²) in [5, 5.41) is 11.3. The molecule has 2 nitrogen and oxygen atoms in total. The van der Waals surface area contributed by atoms with Crippen molar-refractivity contribution in [3.63, 3.8) is 0 Å². The summed E-state index contributed by atoms with van der Waals surface area (Å²) in [4.78, 5) is 0. The molecule has 0 heterocycles. The molecule has 1 aromatic rings. The van der Waals surface area contributed by atoms with Crippen LogP contribution in [0.4, 0.5) is 0 Å². The van der Waals surface area contributed by atoms with Gasteiger partial charge in [0.05, 0.1) is 11.1 Å².